The van der Waals surface area contributed by atoms with Gasteiger partial charge in [-0.2, -0.15) is 0 Å². The van der Waals surface area contributed by atoms with E-state index in [9.17, 15) is 4.79 Å². The molecule has 3 atom stereocenters. The average molecular weight is 512 g/mol. The van der Waals surface area contributed by atoms with E-state index in [0.717, 1.165) is 62.0 Å². The average Bonchev–Trinajstić information content (AvgIpc) is 2.95. The smallest absolute Gasteiger partial charge is 0.219 e. The molecule has 2 aliphatic heterocycles. The van der Waals surface area contributed by atoms with Crippen molar-refractivity contribution in [2.24, 2.45) is 5.92 Å². The van der Waals surface area contributed by atoms with Crippen LogP contribution in [0.4, 0.5) is 5.69 Å². The van der Waals surface area contributed by atoms with E-state index in [1.54, 1.807) is 14.2 Å². The summed E-state index contributed by atoms with van der Waals surface area (Å²) >= 11 is 0. The van der Waals surface area contributed by atoms with Gasteiger partial charge in [0.1, 0.15) is 18.1 Å². The molecule has 0 aromatic heterocycles. The first-order valence-electron chi connectivity index (χ1n) is 13.4. The zero-order valence-electron chi connectivity index (χ0n) is 22.3. The number of rotatable bonds is 12. The molecule has 0 unspecified atom stereocenters. The van der Waals surface area contributed by atoms with Gasteiger partial charge < -0.3 is 34.5 Å². The molecule has 0 aliphatic carbocycles. The Labute approximate surface area is 220 Å². The number of piperidine rings is 1. The highest BCUT2D eigenvalue weighted by molar-refractivity contribution is 5.75. The van der Waals surface area contributed by atoms with Gasteiger partial charge in [0.15, 0.2) is 0 Å². The second-order valence-corrected chi connectivity index (χ2v) is 9.71. The van der Waals surface area contributed by atoms with E-state index >= 15 is 0 Å². The van der Waals surface area contributed by atoms with E-state index in [-0.39, 0.29) is 23.8 Å². The first-order chi connectivity index (χ1) is 18.1. The van der Waals surface area contributed by atoms with Crippen molar-refractivity contribution in [1.82, 2.24) is 10.6 Å². The lowest BCUT2D eigenvalue weighted by Gasteiger charge is -2.39. The number of carbonyl (C=O) groups is 1. The van der Waals surface area contributed by atoms with Crippen LogP contribution in [0, 0.1) is 5.92 Å². The Kier molecular flexibility index (Phi) is 10.0. The van der Waals surface area contributed by atoms with Gasteiger partial charge in [0.05, 0.1) is 32.1 Å². The summed E-state index contributed by atoms with van der Waals surface area (Å²) in [7, 11) is 3.42. The summed E-state index contributed by atoms with van der Waals surface area (Å²) in [5.41, 5.74) is 3.44. The van der Waals surface area contributed by atoms with Crippen molar-refractivity contribution in [2.75, 3.05) is 65.1 Å². The lowest BCUT2D eigenvalue weighted by molar-refractivity contribution is -0.121. The molecule has 0 spiro atoms. The fourth-order valence-electron chi connectivity index (χ4n) is 5.26. The maximum Gasteiger partial charge on any atom is 0.219 e. The fraction of sp³-hybridized carbons (Fsp3) is 0.552. The molecule has 0 radical (unpaired) electrons. The highest BCUT2D eigenvalue weighted by Gasteiger charge is 2.35. The number of anilines is 1. The van der Waals surface area contributed by atoms with Crippen LogP contribution in [0.1, 0.15) is 36.8 Å². The normalized spacial score (nSPS) is 21.2. The number of carbonyl (C=O) groups excluding carboxylic acids is 1. The Hall–Kier alpha value is -2.81. The number of fused-ring (bicyclic) bond motifs is 1. The SMILES string of the molecule is CCC(=O)NC[C@@H]1CNC[C@H](OCc2ccc3c(c2)N(CCCOC)CCO3)[C@H]1c1ccc(OC)cc1. The van der Waals surface area contributed by atoms with Gasteiger partial charge in [-0.1, -0.05) is 25.1 Å². The highest BCUT2D eigenvalue weighted by Crippen LogP contribution is 2.35. The number of benzene rings is 2. The summed E-state index contributed by atoms with van der Waals surface area (Å²) in [6.07, 6.45) is 1.43. The zero-order valence-corrected chi connectivity index (χ0v) is 22.3. The molecule has 202 valence electrons. The predicted octanol–water partition coefficient (Wildman–Crippen LogP) is 3.35. The largest absolute Gasteiger partial charge is 0.497 e. The minimum Gasteiger partial charge on any atom is -0.497 e. The Bertz CT molecular complexity index is 1000. The first kappa shape index (κ1) is 27.2. The van der Waals surface area contributed by atoms with Crippen molar-refractivity contribution >= 4 is 11.6 Å². The Morgan fingerprint density at radius 3 is 2.76 bits per heavy atom. The van der Waals surface area contributed by atoms with Crippen LogP contribution in [0.3, 0.4) is 0 Å². The molecule has 37 heavy (non-hydrogen) atoms. The molecular weight excluding hydrogens is 470 g/mol. The Balaban J connectivity index is 1.48. The second-order valence-electron chi connectivity index (χ2n) is 9.71. The molecule has 1 fully saturated rings. The van der Waals surface area contributed by atoms with Crippen LogP contribution in [0.5, 0.6) is 11.5 Å². The number of nitrogens with one attached hydrogen (secondary N) is 2. The third-order valence-corrected chi connectivity index (χ3v) is 7.27. The highest BCUT2D eigenvalue weighted by atomic mass is 16.5. The number of nitrogens with zero attached hydrogens (tertiary/aromatic N) is 1. The molecule has 0 saturated carbocycles. The van der Waals surface area contributed by atoms with E-state index in [4.69, 9.17) is 18.9 Å². The monoisotopic (exact) mass is 511 g/mol. The Morgan fingerprint density at radius 1 is 1.16 bits per heavy atom. The van der Waals surface area contributed by atoms with Crippen LogP contribution in [0.2, 0.25) is 0 Å². The van der Waals surface area contributed by atoms with Crippen molar-refractivity contribution in [3.05, 3.63) is 53.6 Å². The van der Waals surface area contributed by atoms with Gasteiger partial charge in [-0.15, -0.1) is 0 Å². The van der Waals surface area contributed by atoms with Crippen molar-refractivity contribution in [2.45, 2.75) is 38.4 Å². The molecule has 1 amide bonds. The molecule has 0 bridgehead atoms. The molecule has 8 nitrogen and oxygen atoms in total. The van der Waals surface area contributed by atoms with Gasteiger partial charge in [0.2, 0.25) is 5.91 Å². The standard InChI is InChI=1S/C29H41N3O5/c1-4-28(33)31-18-23-17-30-19-27(29(23)22-7-9-24(35-3)10-8-22)37-20-21-6-11-26-25(16-21)32(13-15-36-26)12-5-14-34-2/h6-11,16,23,27,29-30H,4-5,12-15,17-20H2,1-3H3,(H,31,33)/t23-,27-,29-/m0/s1. The van der Waals surface area contributed by atoms with Gasteiger partial charge in [0.25, 0.3) is 0 Å². The topological polar surface area (TPSA) is 81.3 Å². The van der Waals surface area contributed by atoms with Crippen molar-refractivity contribution in [1.29, 1.82) is 0 Å². The van der Waals surface area contributed by atoms with E-state index in [2.05, 4.69) is 45.9 Å². The predicted molar refractivity (Wildman–Crippen MR) is 145 cm³/mol. The molecule has 2 aliphatic rings. The van der Waals surface area contributed by atoms with Gasteiger partial charge in [-0.05, 0) is 47.7 Å². The number of ether oxygens (including phenoxy) is 4. The molecule has 4 rings (SSSR count). The summed E-state index contributed by atoms with van der Waals surface area (Å²) in [6, 6.07) is 14.6. The van der Waals surface area contributed by atoms with Crippen LogP contribution in [0.25, 0.3) is 0 Å². The van der Waals surface area contributed by atoms with Crippen LogP contribution < -0.4 is 25.0 Å². The lowest BCUT2D eigenvalue weighted by atomic mass is 9.79. The van der Waals surface area contributed by atoms with Gasteiger partial charge in [-0.3, -0.25) is 4.79 Å². The third-order valence-electron chi connectivity index (χ3n) is 7.27. The number of methoxy groups -OCH3 is 2. The second kappa shape index (κ2) is 13.7. The van der Waals surface area contributed by atoms with Gasteiger partial charge in [0, 0.05) is 52.2 Å². The summed E-state index contributed by atoms with van der Waals surface area (Å²) in [5, 5.41) is 6.62. The van der Waals surface area contributed by atoms with Crippen molar-refractivity contribution < 1.29 is 23.7 Å². The quantitative estimate of drug-likeness (QED) is 0.423. The van der Waals surface area contributed by atoms with Gasteiger partial charge in [-0.25, -0.2) is 0 Å². The fourth-order valence-corrected chi connectivity index (χ4v) is 5.26. The summed E-state index contributed by atoms with van der Waals surface area (Å²) in [6.45, 7) is 7.84. The van der Waals surface area contributed by atoms with Crippen LogP contribution in [-0.2, 0) is 20.9 Å². The Morgan fingerprint density at radius 2 is 2.00 bits per heavy atom. The molecular formula is C29H41N3O5. The zero-order chi connectivity index (χ0) is 26.0. The minimum absolute atomic E-state index is 0.0317. The maximum absolute atomic E-state index is 12.0. The van der Waals surface area contributed by atoms with Crippen LogP contribution in [-0.4, -0.2) is 72.2 Å². The van der Waals surface area contributed by atoms with E-state index in [0.29, 0.717) is 26.2 Å². The van der Waals surface area contributed by atoms with E-state index < -0.39 is 0 Å². The third kappa shape index (κ3) is 7.15. The first-order valence-corrected chi connectivity index (χ1v) is 13.4. The minimum atomic E-state index is -0.0317. The summed E-state index contributed by atoms with van der Waals surface area (Å²) in [4.78, 5) is 14.4. The number of hydrogen-bond donors (Lipinski definition) is 2. The summed E-state index contributed by atoms with van der Waals surface area (Å²) < 4.78 is 23.1. The van der Waals surface area contributed by atoms with Crippen LogP contribution in [0.15, 0.2) is 42.5 Å². The maximum atomic E-state index is 12.0. The van der Waals surface area contributed by atoms with Crippen LogP contribution >= 0.6 is 0 Å². The number of amides is 1. The van der Waals surface area contributed by atoms with E-state index in [1.165, 1.54) is 5.56 Å². The molecule has 2 aromatic carbocycles. The van der Waals surface area contributed by atoms with Crippen molar-refractivity contribution in [3.63, 3.8) is 0 Å². The molecule has 2 N–H and O–H groups in total. The lowest BCUT2D eigenvalue weighted by Crippen LogP contribution is -2.50. The summed E-state index contributed by atoms with van der Waals surface area (Å²) in [5.74, 6) is 2.20. The molecule has 8 heteroatoms. The molecule has 2 aromatic rings. The molecule has 1 saturated heterocycles. The number of hydrogen-bond acceptors (Lipinski definition) is 7. The van der Waals surface area contributed by atoms with Gasteiger partial charge >= 0.3 is 0 Å². The van der Waals surface area contributed by atoms with E-state index in [1.807, 2.05) is 19.1 Å². The molecule has 2 heterocycles. The van der Waals surface area contributed by atoms with Crippen molar-refractivity contribution in [3.8, 4) is 11.5 Å².